The summed E-state index contributed by atoms with van der Waals surface area (Å²) in [5.74, 6) is 0.752. The maximum Gasteiger partial charge on any atom is 0.0223 e. The van der Waals surface area contributed by atoms with E-state index < -0.39 is 0 Å². The Kier molecular flexibility index (Phi) is 4.45. The van der Waals surface area contributed by atoms with E-state index in [-0.39, 0.29) is 0 Å². The molecular formula is C14H29N3. The Bertz CT molecular complexity index is 242. The lowest BCUT2D eigenvalue weighted by Gasteiger charge is -2.33. The van der Waals surface area contributed by atoms with E-state index in [1.54, 1.807) is 0 Å². The third kappa shape index (κ3) is 3.01. The summed E-state index contributed by atoms with van der Waals surface area (Å²) in [5.41, 5.74) is 5.98. The minimum Gasteiger partial charge on any atom is -0.329 e. The molecule has 2 N–H and O–H groups in total. The normalized spacial score (nSPS) is 33.0. The minimum atomic E-state index is 0.600. The molecule has 3 nitrogen and oxygen atoms in total. The van der Waals surface area contributed by atoms with E-state index in [1.807, 2.05) is 0 Å². The molecule has 2 fully saturated rings. The van der Waals surface area contributed by atoms with Gasteiger partial charge >= 0.3 is 0 Å². The number of likely N-dealkylation sites (N-methyl/N-ethyl adjacent to an activating group) is 1. The quantitative estimate of drug-likeness (QED) is 0.807. The van der Waals surface area contributed by atoms with E-state index in [4.69, 9.17) is 5.73 Å². The Morgan fingerprint density at radius 3 is 2.53 bits per heavy atom. The lowest BCUT2D eigenvalue weighted by Crippen LogP contribution is -2.46. The van der Waals surface area contributed by atoms with Gasteiger partial charge in [-0.15, -0.1) is 0 Å². The zero-order chi connectivity index (χ0) is 12.4. The number of rotatable bonds is 4. The molecule has 0 radical (unpaired) electrons. The van der Waals surface area contributed by atoms with Crippen LogP contribution in [0.5, 0.6) is 0 Å². The lowest BCUT2D eigenvalue weighted by atomic mass is 10.00. The number of nitrogens with two attached hydrogens (primary N) is 1. The fraction of sp³-hybridized carbons (Fsp3) is 1.00. The number of fused-ring (bicyclic) bond motifs is 2. The Morgan fingerprint density at radius 1 is 1.18 bits per heavy atom. The molecule has 3 unspecified atom stereocenters. The molecule has 2 bridgehead atoms. The van der Waals surface area contributed by atoms with Crippen molar-refractivity contribution >= 4 is 0 Å². The Hall–Kier alpha value is -0.120. The fourth-order valence-electron chi connectivity index (χ4n) is 3.61. The van der Waals surface area contributed by atoms with Gasteiger partial charge in [0.15, 0.2) is 0 Å². The number of nitrogens with zero attached hydrogens (tertiary/aromatic N) is 2. The molecule has 2 aliphatic heterocycles. The molecule has 0 amide bonds. The van der Waals surface area contributed by atoms with E-state index in [0.717, 1.165) is 24.5 Å². The standard InChI is InChI=1S/C14H29N3/c1-11(2)8-14(9-15)17-7-6-12-4-5-13(10-17)16(12)3/h11-14H,4-10,15H2,1-3H3. The largest absolute Gasteiger partial charge is 0.329 e. The second kappa shape index (κ2) is 5.68. The predicted octanol–water partition coefficient (Wildman–Crippen LogP) is 1.53. The molecule has 17 heavy (non-hydrogen) atoms. The molecule has 3 heteroatoms. The fourth-order valence-corrected chi connectivity index (χ4v) is 3.61. The highest BCUT2D eigenvalue weighted by Crippen LogP contribution is 2.29. The summed E-state index contributed by atoms with van der Waals surface area (Å²) in [4.78, 5) is 5.28. The predicted molar refractivity (Wildman–Crippen MR) is 73.1 cm³/mol. The summed E-state index contributed by atoms with van der Waals surface area (Å²) in [6.45, 7) is 7.92. The van der Waals surface area contributed by atoms with Crippen LogP contribution >= 0.6 is 0 Å². The third-order valence-corrected chi connectivity index (χ3v) is 4.71. The van der Waals surface area contributed by atoms with Crippen LogP contribution in [-0.4, -0.2) is 54.6 Å². The number of likely N-dealkylation sites (tertiary alicyclic amines) is 1. The van der Waals surface area contributed by atoms with Crippen LogP contribution in [0.25, 0.3) is 0 Å². The van der Waals surface area contributed by atoms with Crippen LogP contribution in [0.3, 0.4) is 0 Å². The Balaban J connectivity index is 1.97. The first-order valence-electron chi connectivity index (χ1n) is 7.27. The van der Waals surface area contributed by atoms with Crippen LogP contribution in [0.15, 0.2) is 0 Å². The van der Waals surface area contributed by atoms with Gasteiger partial charge in [-0.3, -0.25) is 9.80 Å². The van der Waals surface area contributed by atoms with E-state index in [9.17, 15) is 0 Å². The van der Waals surface area contributed by atoms with Gasteiger partial charge in [0.1, 0.15) is 0 Å². The maximum absolute atomic E-state index is 5.98. The first kappa shape index (κ1) is 13.3. The smallest absolute Gasteiger partial charge is 0.0223 e. The Morgan fingerprint density at radius 2 is 1.88 bits per heavy atom. The summed E-state index contributed by atoms with van der Waals surface area (Å²) in [6.07, 6.45) is 5.38. The molecule has 0 aliphatic carbocycles. The summed E-state index contributed by atoms with van der Waals surface area (Å²) in [7, 11) is 2.31. The zero-order valence-electron chi connectivity index (χ0n) is 11.7. The molecule has 0 spiro atoms. The van der Waals surface area contributed by atoms with Crippen molar-refractivity contribution in [2.24, 2.45) is 11.7 Å². The average molecular weight is 239 g/mol. The van der Waals surface area contributed by atoms with Crippen molar-refractivity contribution in [2.75, 3.05) is 26.7 Å². The maximum atomic E-state index is 5.98. The average Bonchev–Trinajstić information content (AvgIpc) is 2.50. The van der Waals surface area contributed by atoms with Gasteiger partial charge in [-0.2, -0.15) is 0 Å². The SMILES string of the molecule is CC(C)CC(CN)N1CCC2CCC(C1)N2C. The van der Waals surface area contributed by atoms with Crippen molar-refractivity contribution in [3.8, 4) is 0 Å². The highest BCUT2D eigenvalue weighted by atomic mass is 15.3. The number of hydrogen-bond donors (Lipinski definition) is 1. The van der Waals surface area contributed by atoms with Crippen molar-refractivity contribution in [1.82, 2.24) is 9.80 Å². The van der Waals surface area contributed by atoms with Crippen LogP contribution < -0.4 is 5.73 Å². The molecule has 100 valence electrons. The van der Waals surface area contributed by atoms with Crippen molar-refractivity contribution in [2.45, 2.75) is 57.7 Å². The summed E-state index contributed by atoms with van der Waals surface area (Å²) < 4.78 is 0. The summed E-state index contributed by atoms with van der Waals surface area (Å²) >= 11 is 0. The molecule has 2 aliphatic rings. The second-order valence-corrected chi connectivity index (χ2v) is 6.35. The molecule has 2 saturated heterocycles. The first-order valence-corrected chi connectivity index (χ1v) is 7.27. The van der Waals surface area contributed by atoms with Crippen LogP contribution in [0.2, 0.25) is 0 Å². The van der Waals surface area contributed by atoms with Crippen LogP contribution in [0.1, 0.15) is 39.5 Å². The molecule has 0 saturated carbocycles. The molecule has 3 atom stereocenters. The molecule has 2 heterocycles. The summed E-state index contributed by atoms with van der Waals surface area (Å²) in [5, 5.41) is 0. The van der Waals surface area contributed by atoms with E-state index in [1.165, 1.54) is 38.8 Å². The highest BCUT2D eigenvalue weighted by Gasteiger charge is 2.36. The van der Waals surface area contributed by atoms with Gasteiger partial charge in [0.2, 0.25) is 0 Å². The topological polar surface area (TPSA) is 32.5 Å². The van der Waals surface area contributed by atoms with Crippen molar-refractivity contribution in [1.29, 1.82) is 0 Å². The van der Waals surface area contributed by atoms with E-state index >= 15 is 0 Å². The van der Waals surface area contributed by atoms with Crippen molar-refractivity contribution in [3.05, 3.63) is 0 Å². The van der Waals surface area contributed by atoms with Crippen LogP contribution in [0.4, 0.5) is 0 Å². The zero-order valence-corrected chi connectivity index (χ0v) is 11.7. The van der Waals surface area contributed by atoms with Gasteiger partial charge in [-0.25, -0.2) is 0 Å². The molecular weight excluding hydrogens is 210 g/mol. The van der Waals surface area contributed by atoms with Crippen LogP contribution in [0, 0.1) is 5.92 Å². The molecule has 0 aromatic carbocycles. The van der Waals surface area contributed by atoms with Gasteiger partial charge in [0.05, 0.1) is 0 Å². The van der Waals surface area contributed by atoms with Crippen molar-refractivity contribution in [3.63, 3.8) is 0 Å². The molecule has 0 aromatic heterocycles. The second-order valence-electron chi connectivity index (χ2n) is 6.35. The third-order valence-electron chi connectivity index (χ3n) is 4.71. The monoisotopic (exact) mass is 239 g/mol. The van der Waals surface area contributed by atoms with Gasteiger partial charge < -0.3 is 5.73 Å². The first-order chi connectivity index (χ1) is 8.11. The van der Waals surface area contributed by atoms with Gasteiger partial charge in [0.25, 0.3) is 0 Å². The number of hydrogen-bond acceptors (Lipinski definition) is 3. The van der Waals surface area contributed by atoms with Gasteiger partial charge in [-0.05, 0) is 38.6 Å². The van der Waals surface area contributed by atoms with Gasteiger partial charge in [0, 0.05) is 37.8 Å². The highest BCUT2D eigenvalue weighted by molar-refractivity contribution is 4.92. The van der Waals surface area contributed by atoms with Crippen molar-refractivity contribution < 1.29 is 0 Å². The molecule has 2 rings (SSSR count). The lowest BCUT2D eigenvalue weighted by molar-refractivity contribution is 0.157. The minimum absolute atomic E-state index is 0.600. The van der Waals surface area contributed by atoms with Crippen LogP contribution in [-0.2, 0) is 0 Å². The van der Waals surface area contributed by atoms with E-state index in [2.05, 4.69) is 30.7 Å². The summed E-state index contributed by atoms with van der Waals surface area (Å²) in [6, 6.07) is 2.22. The molecule has 0 aromatic rings. The van der Waals surface area contributed by atoms with Gasteiger partial charge in [-0.1, -0.05) is 13.8 Å². The Labute approximate surface area is 106 Å². The van der Waals surface area contributed by atoms with E-state index in [0.29, 0.717) is 6.04 Å².